The van der Waals surface area contributed by atoms with Crippen molar-refractivity contribution >= 4 is 5.91 Å². The van der Waals surface area contributed by atoms with Crippen molar-refractivity contribution in [1.82, 2.24) is 4.90 Å². The van der Waals surface area contributed by atoms with Gasteiger partial charge in [0.2, 0.25) is 0 Å². The minimum atomic E-state index is -0.675. The van der Waals surface area contributed by atoms with Crippen molar-refractivity contribution in [2.75, 3.05) is 26.3 Å². The molecule has 1 heterocycles. The van der Waals surface area contributed by atoms with Gasteiger partial charge >= 0.3 is 0 Å². The Hall–Kier alpha value is -1.90. The molecular formula is C13H14N2O3. The van der Waals surface area contributed by atoms with Crippen LogP contribution in [0.5, 0.6) is 0 Å². The van der Waals surface area contributed by atoms with Crippen molar-refractivity contribution in [2.24, 2.45) is 0 Å². The van der Waals surface area contributed by atoms with E-state index in [4.69, 9.17) is 10.00 Å². The van der Waals surface area contributed by atoms with E-state index in [1.54, 1.807) is 24.3 Å². The van der Waals surface area contributed by atoms with E-state index in [2.05, 4.69) is 0 Å². The second-order valence-corrected chi connectivity index (χ2v) is 4.14. The fraction of sp³-hybridized carbons (Fsp3) is 0.385. The largest absolute Gasteiger partial charge is 0.389 e. The minimum Gasteiger partial charge on any atom is -0.389 e. The van der Waals surface area contributed by atoms with E-state index in [9.17, 15) is 9.90 Å². The highest BCUT2D eigenvalue weighted by atomic mass is 16.5. The first kappa shape index (κ1) is 12.6. The van der Waals surface area contributed by atoms with E-state index >= 15 is 0 Å². The molecule has 1 amide bonds. The van der Waals surface area contributed by atoms with Gasteiger partial charge in [-0.05, 0) is 12.1 Å². The van der Waals surface area contributed by atoms with E-state index in [0.717, 1.165) is 0 Å². The molecule has 94 valence electrons. The molecule has 1 N–H and O–H groups in total. The van der Waals surface area contributed by atoms with Crippen LogP contribution in [-0.2, 0) is 4.74 Å². The molecule has 1 aliphatic heterocycles. The third-order valence-corrected chi connectivity index (χ3v) is 2.81. The number of hydrogen-bond acceptors (Lipinski definition) is 4. The maximum absolute atomic E-state index is 12.3. The van der Waals surface area contributed by atoms with Gasteiger partial charge in [0.15, 0.2) is 0 Å². The minimum absolute atomic E-state index is 0.235. The van der Waals surface area contributed by atoms with Gasteiger partial charge in [-0.1, -0.05) is 12.1 Å². The molecule has 1 saturated heterocycles. The molecule has 1 aromatic carbocycles. The Balaban J connectivity index is 2.22. The Morgan fingerprint density at radius 3 is 3.06 bits per heavy atom. The van der Waals surface area contributed by atoms with Crippen molar-refractivity contribution in [2.45, 2.75) is 6.10 Å². The zero-order chi connectivity index (χ0) is 13.0. The van der Waals surface area contributed by atoms with Crippen LogP contribution in [0.2, 0.25) is 0 Å². The molecule has 0 radical (unpaired) electrons. The quantitative estimate of drug-likeness (QED) is 0.778. The number of carbonyl (C=O) groups excluding carboxylic acids is 1. The van der Waals surface area contributed by atoms with Crippen LogP contribution in [0.1, 0.15) is 15.9 Å². The van der Waals surface area contributed by atoms with Gasteiger partial charge in [-0.3, -0.25) is 4.79 Å². The fourth-order valence-electron chi connectivity index (χ4n) is 1.91. The Bertz CT molecular complexity index is 481. The number of aliphatic hydroxyl groups excluding tert-OH is 1. The molecule has 18 heavy (non-hydrogen) atoms. The molecule has 1 unspecified atom stereocenters. The number of nitriles is 1. The van der Waals surface area contributed by atoms with E-state index in [-0.39, 0.29) is 19.1 Å². The number of amides is 1. The molecule has 1 aliphatic rings. The summed E-state index contributed by atoms with van der Waals surface area (Å²) in [5, 5.41) is 18.6. The van der Waals surface area contributed by atoms with Crippen molar-refractivity contribution < 1.29 is 14.6 Å². The highest BCUT2D eigenvalue weighted by Gasteiger charge is 2.23. The van der Waals surface area contributed by atoms with Crippen LogP contribution in [-0.4, -0.2) is 48.3 Å². The van der Waals surface area contributed by atoms with Crippen molar-refractivity contribution in [3.05, 3.63) is 35.4 Å². The number of rotatable bonds is 1. The topological polar surface area (TPSA) is 73.6 Å². The van der Waals surface area contributed by atoms with Crippen LogP contribution in [0.15, 0.2) is 24.3 Å². The fourth-order valence-corrected chi connectivity index (χ4v) is 1.91. The molecule has 2 rings (SSSR count). The summed E-state index contributed by atoms with van der Waals surface area (Å²) in [6, 6.07) is 8.67. The molecular weight excluding hydrogens is 232 g/mol. The van der Waals surface area contributed by atoms with Crippen molar-refractivity contribution in [3.8, 4) is 6.07 Å². The average molecular weight is 246 g/mol. The first-order valence-electron chi connectivity index (χ1n) is 5.76. The summed E-state index contributed by atoms with van der Waals surface area (Å²) in [7, 11) is 0. The van der Waals surface area contributed by atoms with Crippen LogP contribution in [0, 0.1) is 11.3 Å². The van der Waals surface area contributed by atoms with Gasteiger partial charge in [0.05, 0.1) is 36.5 Å². The van der Waals surface area contributed by atoms with E-state index in [1.807, 2.05) is 6.07 Å². The first-order valence-corrected chi connectivity index (χ1v) is 5.76. The summed E-state index contributed by atoms with van der Waals surface area (Å²) in [5.74, 6) is -0.239. The molecule has 5 nitrogen and oxygen atoms in total. The Morgan fingerprint density at radius 2 is 2.28 bits per heavy atom. The molecule has 0 aliphatic carbocycles. The lowest BCUT2D eigenvalue weighted by atomic mass is 10.1. The van der Waals surface area contributed by atoms with Crippen molar-refractivity contribution in [3.63, 3.8) is 0 Å². The number of nitrogens with zero attached hydrogens (tertiary/aromatic N) is 2. The molecule has 1 fully saturated rings. The molecule has 0 aromatic heterocycles. The van der Waals surface area contributed by atoms with Gasteiger partial charge in [-0.2, -0.15) is 5.26 Å². The lowest BCUT2D eigenvalue weighted by Crippen LogP contribution is -2.38. The SMILES string of the molecule is N#Cc1ccccc1C(=O)N1CCOCC(O)C1. The molecule has 0 spiro atoms. The summed E-state index contributed by atoms with van der Waals surface area (Å²) < 4.78 is 5.17. The van der Waals surface area contributed by atoms with Crippen LogP contribution in [0.3, 0.4) is 0 Å². The number of benzene rings is 1. The molecule has 1 atom stereocenters. The summed E-state index contributed by atoms with van der Waals surface area (Å²) in [4.78, 5) is 13.8. The predicted molar refractivity (Wildman–Crippen MR) is 63.9 cm³/mol. The smallest absolute Gasteiger partial charge is 0.255 e. The molecule has 0 bridgehead atoms. The Kier molecular flexibility index (Phi) is 3.92. The second-order valence-electron chi connectivity index (χ2n) is 4.14. The predicted octanol–water partition coefficient (Wildman–Crippen LogP) is 0.392. The molecule has 5 heteroatoms. The van der Waals surface area contributed by atoms with Crippen molar-refractivity contribution in [1.29, 1.82) is 5.26 Å². The monoisotopic (exact) mass is 246 g/mol. The number of carbonyl (C=O) groups is 1. The third-order valence-electron chi connectivity index (χ3n) is 2.81. The standard InChI is InChI=1S/C13H14N2O3/c14-7-10-3-1-2-4-12(10)13(17)15-5-6-18-9-11(16)8-15/h1-4,11,16H,5-6,8-9H2. The molecule has 0 saturated carbocycles. The zero-order valence-electron chi connectivity index (χ0n) is 9.87. The Morgan fingerprint density at radius 1 is 1.50 bits per heavy atom. The van der Waals surface area contributed by atoms with Gasteiger partial charge < -0.3 is 14.7 Å². The summed E-state index contributed by atoms with van der Waals surface area (Å²) in [5.41, 5.74) is 0.719. The van der Waals surface area contributed by atoms with Gasteiger partial charge in [-0.15, -0.1) is 0 Å². The van der Waals surface area contributed by atoms with Crippen LogP contribution in [0.4, 0.5) is 0 Å². The highest BCUT2D eigenvalue weighted by Crippen LogP contribution is 2.12. The third kappa shape index (κ3) is 2.67. The second kappa shape index (κ2) is 5.63. The molecule has 1 aromatic rings. The Labute approximate surface area is 105 Å². The van der Waals surface area contributed by atoms with Gasteiger partial charge in [0.25, 0.3) is 5.91 Å². The number of aliphatic hydroxyl groups is 1. The summed E-state index contributed by atoms with van der Waals surface area (Å²) in [6.07, 6.45) is -0.675. The first-order chi connectivity index (χ1) is 8.72. The van der Waals surface area contributed by atoms with E-state index < -0.39 is 6.10 Å². The number of β-amino-alcohol motifs (C(OH)–C–C–N with tert-alkyl or cyclic N) is 1. The average Bonchev–Trinajstić information content (AvgIpc) is 2.62. The van der Waals surface area contributed by atoms with E-state index in [1.165, 1.54) is 4.90 Å². The van der Waals surface area contributed by atoms with Crippen LogP contribution >= 0.6 is 0 Å². The zero-order valence-corrected chi connectivity index (χ0v) is 9.87. The van der Waals surface area contributed by atoms with E-state index in [0.29, 0.717) is 24.3 Å². The lowest BCUT2D eigenvalue weighted by molar-refractivity contribution is 0.0534. The lowest BCUT2D eigenvalue weighted by Gasteiger charge is -2.21. The van der Waals surface area contributed by atoms with Gasteiger partial charge in [0, 0.05) is 13.1 Å². The summed E-state index contributed by atoms with van der Waals surface area (Å²) >= 11 is 0. The number of ether oxygens (including phenoxy) is 1. The van der Waals surface area contributed by atoms with Crippen LogP contribution in [0.25, 0.3) is 0 Å². The van der Waals surface area contributed by atoms with Crippen LogP contribution < -0.4 is 0 Å². The van der Waals surface area contributed by atoms with Gasteiger partial charge in [-0.25, -0.2) is 0 Å². The summed E-state index contributed by atoms with van der Waals surface area (Å²) in [6.45, 7) is 1.30. The highest BCUT2D eigenvalue weighted by molar-refractivity contribution is 5.96. The normalized spacial score (nSPS) is 20.0. The maximum atomic E-state index is 12.3. The maximum Gasteiger partial charge on any atom is 0.255 e. The number of hydrogen-bond donors (Lipinski definition) is 1. The van der Waals surface area contributed by atoms with Gasteiger partial charge in [0.1, 0.15) is 0 Å².